The number of aliphatic carboxylic acids is 1. The predicted octanol–water partition coefficient (Wildman–Crippen LogP) is 4.72. The van der Waals surface area contributed by atoms with Gasteiger partial charge in [-0.1, -0.05) is 23.8 Å². The Bertz CT molecular complexity index is 1230. The molecule has 188 valence electrons. The lowest BCUT2D eigenvalue weighted by Crippen LogP contribution is -2.43. The zero-order chi connectivity index (χ0) is 25.2. The molecule has 2 aromatic carbocycles. The van der Waals surface area contributed by atoms with Crippen LogP contribution in [0.5, 0.6) is 5.75 Å². The second-order valence-corrected chi connectivity index (χ2v) is 10.2. The fourth-order valence-electron chi connectivity index (χ4n) is 4.05. The monoisotopic (exact) mass is 511 g/mol. The van der Waals surface area contributed by atoms with E-state index in [0.717, 1.165) is 46.5 Å². The van der Waals surface area contributed by atoms with Crippen LogP contribution in [0.4, 0.5) is 18.9 Å². The Labute approximate surface area is 200 Å². The highest BCUT2D eigenvalue weighted by molar-refractivity contribution is 7.92. The molecule has 2 aliphatic rings. The Morgan fingerprint density at radius 3 is 2.57 bits per heavy atom. The summed E-state index contributed by atoms with van der Waals surface area (Å²) in [5.74, 6) is -0.846. The van der Waals surface area contributed by atoms with Gasteiger partial charge in [-0.2, -0.15) is 13.2 Å². The Balaban J connectivity index is 1.75. The third-order valence-electron chi connectivity index (χ3n) is 5.85. The topological polar surface area (TPSA) is 93.1 Å². The molecule has 1 atom stereocenters. The molecule has 0 aliphatic carbocycles. The lowest BCUT2D eigenvalue weighted by Gasteiger charge is -2.35. The first-order valence-electron chi connectivity index (χ1n) is 11.0. The summed E-state index contributed by atoms with van der Waals surface area (Å²) in [6, 6.07) is 8.55. The van der Waals surface area contributed by atoms with Crippen molar-refractivity contribution in [1.29, 1.82) is 0 Å². The van der Waals surface area contributed by atoms with Crippen molar-refractivity contribution in [3.05, 3.63) is 59.2 Å². The number of hydrogen-bond acceptors (Lipinski definition) is 5. The number of rotatable bonds is 6. The smallest absolute Gasteiger partial charge is 0.416 e. The average molecular weight is 512 g/mol. The lowest BCUT2D eigenvalue weighted by molar-refractivity contribution is -0.138. The van der Waals surface area contributed by atoms with E-state index in [2.05, 4.69) is 0 Å². The molecule has 7 nitrogen and oxygen atoms in total. The van der Waals surface area contributed by atoms with Crippen molar-refractivity contribution in [2.75, 3.05) is 24.1 Å². The van der Waals surface area contributed by atoms with Gasteiger partial charge in [0.1, 0.15) is 11.9 Å². The van der Waals surface area contributed by atoms with E-state index in [-0.39, 0.29) is 30.8 Å². The number of halogens is 3. The maximum Gasteiger partial charge on any atom is 0.416 e. The van der Waals surface area contributed by atoms with Crippen LogP contribution in [-0.2, 0) is 25.7 Å². The van der Waals surface area contributed by atoms with E-state index < -0.39 is 38.7 Å². The first-order valence-corrected chi connectivity index (χ1v) is 12.5. The summed E-state index contributed by atoms with van der Waals surface area (Å²) >= 11 is 0. The minimum atomic E-state index is -4.71. The molecule has 35 heavy (non-hydrogen) atoms. The number of ether oxygens (including phenoxy) is 2. The van der Waals surface area contributed by atoms with Crippen LogP contribution in [0.3, 0.4) is 0 Å². The number of hydrogen-bond donors (Lipinski definition) is 1. The molecule has 0 spiro atoms. The molecule has 2 aromatic rings. The van der Waals surface area contributed by atoms with Gasteiger partial charge in [-0.3, -0.25) is 9.10 Å². The second-order valence-electron chi connectivity index (χ2n) is 8.38. The third kappa shape index (κ3) is 5.79. The first kappa shape index (κ1) is 25.1. The highest BCUT2D eigenvalue weighted by atomic mass is 32.2. The SMILES string of the molecule is O=C(O)CC[C@H]1CN(S(=O)(=O)c2cccc(C(F)(F)F)c2)c2cc(C=C3CCOCC3)ccc2O1. The minimum absolute atomic E-state index is 0.0369. The van der Waals surface area contributed by atoms with Crippen LogP contribution in [0.1, 0.15) is 36.8 Å². The largest absolute Gasteiger partial charge is 0.486 e. The Kier molecular flexibility index (Phi) is 7.09. The number of carbonyl (C=O) groups is 1. The van der Waals surface area contributed by atoms with Gasteiger partial charge in [0.15, 0.2) is 0 Å². The number of fused-ring (bicyclic) bond motifs is 1. The Morgan fingerprint density at radius 1 is 1.14 bits per heavy atom. The van der Waals surface area contributed by atoms with E-state index >= 15 is 0 Å². The number of anilines is 1. The second kappa shape index (κ2) is 9.90. The maximum atomic E-state index is 13.6. The molecule has 1 saturated heterocycles. The van der Waals surface area contributed by atoms with Gasteiger partial charge in [0, 0.05) is 6.42 Å². The fraction of sp³-hybridized carbons (Fsp3) is 0.375. The molecule has 0 saturated carbocycles. The molecular formula is C24H24F3NO6S. The van der Waals surface area contributed by atoms with Gasteiger partial charge in [-0.25, -0.2) is 8.42 Å². The highest BCUT2D eigenvalue weighted by Crippen LogP contribution is 2.40. The molecule has 1 N–H and O–H groups in total. The normalized spacial score (nSPS) is 18.5. The van der Waals surface area contributed by atoms with Crippen molar-refractivity contribution in [1.82, 2.24) is 0 Å². The van der Waals surface area contributed by atoms with Crippen molar-refractivity contribution in [2.45, 2.75) is 42.9 Å². The van der Waals surface area contributed by atoms with E-state index in [9.17, 15) is 26.4 Å². The van der Waals surface area contributed by atoms with Crippen LogP contribution in [-0.4, -0.2) is 45.4 Å². The molecule has 0 bridgehead atoms. The molecule has 4 rings (SSSR count). The molecule has 2 aliphatic heterocycles. The van der Waals surface area contributed by atoms with E-state index in [1.807, 2.05) is 6.08 Å². The molecular weight excluding hydrogens is 487 g/mol. The van der Waals surface area contributed by atoms with E-state index in [1.54, 1.807) is 18.2 Å². The Morgan fingerprint density at radius 2 is 1.89 bits per heavy atom. The summed E-state index contributed by atoms with van der Waals surface area (Å²) in [6.45, 7) is 0.967. The average Bonchev–Trinajstić information content (AvgIpc) is 2.82. The van der Waals surface area contributed by atoms with E-state index in [0.29, 0.717) is 19.3 Å². The van der Waals surface area contributed by atoms with Crippen LogP contribution < -0.4 is 9.04 Å². The fourth-order valence-corrected chi connectivity index (χ4v) is 5.60. The van der Waals surface area contributed by atoms with Gasteiger partial charge < -0.3 is 14.6 Å². The number of carboxylic acid groups (broad SMARTS) is 1. The van der Waals surface area contributed by atoms with Crippen molar-refractivity contribution < 1.29 is 41.0 Å². The van der Waals surface area contributed by atoms with Crippen LogP contribution in [0.15, 0.2) is 52.9 Å². The predicted molar refractivity (Wildman–Crippen MR) is 122 cm³/mol. The van der Waals surface area contributed by atoms with Crippen molar-refractivity contribution in [3.63, 3.8) is 0 Å². The first-order chi connectivity index (χ1) is 16.5. The van der Waals surface area contributed by atoms with Gasteiger partial charge in [0.05, 0.1) is 35.9 Å². The summed E-state index contributed by atoms with van der Waals surface area (Å²) in [5, 5.41) is 9.03. The van der Waals surface area contributed by atoms with Gasteiger partial charge >= 0.3 is 12.1 Å². The van der Waals surface area contributed by atoms with Gasteiger partial charge in [0.2, 0.25) is 0 Å². The van der Waals surface area contributed by atoms with Crippen molar-refractivity contribution >= 4 is 27.8 Å². The molecule has 0 aromatic heterocycles. The number of alkyl halides is 3. The zero-order valence-corrected chi connectivity index (χ0v) is 19.4. The molecule has 0 unspecified atom stereocenters. The summed E-state index contributed by atoms with van der Waals surface area (Å²) in [4.78, 5) is 10.5. The summed E-state index contributed by atoms with van der Waals surface area (Å²) in [6.07, 6.45) is -2.26. The highest BCUT2D eigenvalue weighted by Gasteiger charge is 2.37. The lowest BCUT2D eigenvalue weighted by atomic mass is 10.0. The Hall–Kier alpha value is -3.05. The van der Waals surface area contributed by atoms with Crippen molar-refractivity contribution in [3.8, 4) is 5.75 Å². The van der Waals surface area contributed by atoms with Gasteiger partial charge in [-0.15, -0.1) is 0 Å². The van der Waals surface area contributed by atoms with Crippen molar-refractivity contribution in [2.24, 2.45) is 0 Å². The maximum absolute atomic E-state index is 13.6. The van der Waals surface area contributed by atoms with E-state index in [1.165, 1.54) is 0 Å². The van der Waals surface area contributed by atoms with Crippen LogP contribution in [0.2, 0.25) is 0 Å². The number of carboxylic acids is 1. The molecule has 2 heterocycles. The summed E-state index contributed by atoms with van der Waals surface area (Å²) < 4.78 is 79.1. The standard InChI is InChI=1S/C24H24F3NO6S/c25-24(26,27)18-2-1-3-20(14-18)35(31,32)28-15-19(5-7-23(29)30)34-22-6-4-17(13-21(22)28)12-16-8-10-33-11-9-16/h1-4,6,12-14,19H,5,7-11,15H2,(H,29,30)/t19-/m0/s1. The summed E-state index contributed by atoms with van der Waals surface area (Å²) in [5.41, 5.74) is 0.972. The molecule has 0 radical (unpaired) electrons. The molecule has 0 amide bonds. The number of sulfonamides is 1. The van der Waals surface area contributed by atoms with Gasteiger partial charge in [0.25, 0.3) is 10.0 Å². The number of nitrogens with zero attached hydrogens (tertiary/aromatic N) is 1. The van der Waals surface area contributed by atoms with E-state index in [4.69, 9.17) is 14.6 Å². The minimum Gasteiger partial charge on any atom is -0.486 e. The van der Waals surface area contributed by atoms with Gasteiger partial charge in [-0.05, 0) is 55.2 Å². The zero-order valence-electron chi connectivity index (χ0n) is 18.6. The molecule has 1 fully saturated rings. The number of benzene rings is 2. The summed E-state index contributed by atoms with van der Waals surface area (Å²) in [7, 11) is -4.41. The molecule has 11 heteroatoms. The van der Waals surface area contributed by atoms with Crippen LogP contribution >= 0.6 is 0 Å². The third-order valence-corrected chi connectivity index (χ3v) is 7.63. The van der Waals surface area contributed by atoms with Crippen LogP contribution in [0.25, 0.3) is 6.08 Å². The quantitative estimate of drug-likeness (QED) is 0.603. The van der Waals surface area contributed by atoms with Crippen LogP contribution in [0, 0.1) is 0 Å².